The highest BCUT2D eigenvalue weighted by Gasteiger charge is 2.27. The fraction of sp³-hybridized carbons (Fsp3) is 0.700. The topological polar surface area (TPSA) is 41.3 Å². The zero-order valence-electron chi connectivity index (χ0n) is 14.4. The van der Waals surface area contributed by atoms with E-state index < -0.39 is 0 Å². The van der Waals surface area contributed by atoms with Crippen molar-refractivity contribution in [1.82, 2.24) is 10.2 Å². The van der Waals surface area contributed by atoms with E-state index in [1.807, 2.05) is 0 Å². The molecule has 2 fully saturated rings. The molecule has 3 atom stereocenters. The molecule has 3 nitrogen and oxygen atoms in total. The maximum absolute atomic E-state index is 5.92. The Morgan fingerprint density at radius 3 is 2.74 bits per heavy atom. The third-order valence-corrected chi connectivity index (χ3v) is 5.73. The second-order valence-corrected chi connectivity index (χ2v) is 7.52. The molecule has 0 amide bonds. The second kappa shape index (κ2) is 8.81. The lowest BCUT2D eigenvalue weighted by Gasteiger charge is -2.27. The van der Waals surface area contributed by atoms with Gasteiger partial charge >= 0.3 is 0 Å². The Balaban J connectivity index is 1.49. The molecule has 1 heterocycles. The molecule has 1 saturated carbocycles. The average molecular weight is 316 g/mol. The van der Waals surface area contributed by atoms with E-state index in [4.69, 9.17) is 5.73 Å². The first-order chi connectivity index (χ1) is 11.3. The monoisotopic (exact) mass is 315 g/mol. The lowest BCUT2D eigenvalue weighted by Crippen LogP contribution is -2.41. The number of rotatable bonds is 6. The summed E-state index contributed by atoms with van der Waals surface area (Å²) in [6.45, 7) is 5.61. The van der Waals surface area contributed by atoms with E-state index in [9.17, 15) is 0 Å². The highest BCUT2D eigenvalue weighted by molar-refractivity contribution is 5.14. The molecule has 1 aliphatic heterocycles. The molecule has 23 heavy (non-hydrogen) atoms. The summed E-state index contributed by atoms with van der Waals surface area (Å²) in [5.41, 5.74) is 7.36. The quantitative estimate of drug-likeness (QED) is 0.848. The van der Waals surface area contributed by atoms with Gasteiger partial charge in [-0.05, 0) is 62.7 Å². The van der Waals surface area contributed by atoms with Crippen molar-refractivity contribution in [2.75, 3.05) is 26.2 Å². The molecule has 2 aliphatic rings. The lowest BCUT2D eigenvalue weighted by atomic mass is 10.00. The van der Waals surface area contributed by atoms with Crippen molar-refractivity contribution in [3.63, 3.8) is 0 Å². The van der Waals surface area contributed by atoms with Crippen LogP contribution in [0.1, 0.15) is 44.1 Å². The van der Waals surface area contributed by atoms with Crippen LogP contribution in [0.5, 0.6) is 0 Å². The van der Waals surface area contributed by atoms with Crippen LogP contribution in [0.15, 0.2) is 30.3 Å². The number of likely N-dealkylation sites (tertiary alicyclic amines) is 1. The minimum atomic E-state index is 0.672. The van der Waals surface area contributed by atoms with Gasteiger partial charge in [-0.25, -0.2) is 0 Å². The minimum absolute atomic E-state index is 0.672. The van der Waals surface area contributed by atoms with E-state index in [0.29, 0.717) is 12.0 Å². The summed E-state index contributed by atoms with van der Waals surface area (Å²) >= 11 is 0. The predicted molar refractivity (Wildman–Crippen MR) is 97.2 cm³/mol. The summed E-state index contributed by atoms with van der Waals surface area (Å²) in [6, 6.07) is 11.6. The first-order valence-electron chi connectivity index (χ1n) is 9.55. The molecule has 1 saturated heterocycles. The van der Waals surface area contributed by atoms with Gasteiger partial charge < -0.3 is 11.1 Å². The van der Waals surface area contributed by atoms with Gasteiger partial charge in [-0.1, -0.05) is 43.2 Å². The van der Waals surface area contributed by atoms with Gasteiger partial charge in [0.25, 0.3) is 0 Å². The molecule has 0 radical (unpaired) electrons. The number of hydrogen-bond donors (Lipinski definition) is 2. The smallest absolute Gasteiger partial charge is 0.0233 e. The number of hydrogen-bond acceptors (Lipinski definition) is 3. The van der Waals surface area contributed by atoms with Gasteiger partial charge in [0, 0.05) is 19.1 Å². The van der Waals surface area contributed by atoms with Crippen LogP contribution in [0.4, 0.5) is 0 Å². The standard InChI is InChI=1S/C20H33N3/c21-13-19-10-6-11-20(19)22-14-18-9-4-5-12-23(16-18)15-17-7-2-1-3-8-17/h1-3,7-8,18-20,22H,4-6,9-16,21H2. The third-order valence-electron chi connectivity index (χ3n) is 5.73. The Kier molecular flexibility index (Phi) is 6.49. The van der Waals surface area contributed by atoms with Crippen LogP contribution in [-0.4, -0.2) is 37.1 Å². The lowest BCUT2D eigenvalue weighted by molar-refractivity contribution is 0.231. The first-order valence-corrected chi connectivity index (χ1v) is 9.55. The van der Waals surface area contributed by atoms with Crippen molar-refractivity contribution in [2.45, 2.75) is 51.1 Å². The molecular formula is C20H33N3. The summed E-state index contributed by atoms with van der Waals surface area (Å²) < 4.78 is 0. The molecule has 3 unspecified atom stereocenters. The number of nitrogens with one attached hydrogen (secondary N) is 1. The molecule has 3 N–H and O–H groups in total. The van der Waals surface area contributed by atoms with Crippen LogP contribution in [0.3, 0.4) is 0 Å². The zero-order chi connectivity index (χ0) is 15.9. The fourth-order valence-corrected chi connectivity index (χ4v) is 4.37. The molecule has 0 aromatic heterocycles. The van der Waals surface area contributed by atoms with Crippen LogP contribution in [0.25, 0.3) is 0 Å². The van der Waals surface area contributed by atoms with E-state index in [0.717, 1.165) is 19.0 Å². The third kappa shape index (κ3) is 5.03. The highest BCUT2D eigenvalue weighted by atomic mass is 15.1. The van der Waals surface area contributed by atoms with E-state index >= 15 is 0 Å². The van der Waals surface area contributed by atoms with Gasteiger partial charge in [-0.3, -0.25) is 4.90 Å². The Morgan fingerprint density at radius 2 is 1.91 bits per heavy atom. The molecule has 1 aromatic rings. The van der Waals surface area contributed by atoms with Crippen LogP contribution in [-0.2, 0) is 6.54 Å². The zero-order valence-corrected chi connectivity index (χ0v) is 14.4. The van der Waals surface area contributed by atoms with Crippen molar-refractivity contribution in [3.8, 4) is 0 Å². The van der Waals surface area contributed by atoms with E-state index in [1.165, 1.54) is 63.7 Å². The van der Waals surface area contributed by atoms with Crippen molar-refractivity contribution in [1.29, 1.82) is 0 Å². The van der Waals surface area contributed by atoms with Crippen molar-refractivity contribution in [2.24, 2.45) is 17.6 Å². The van der Waals surface area contributed by atoms with E-state index in [-0.39, 0.29) is 0 Å². The maximum atomic E-state index is 5.92. The summed E-state index contributed by atoms with van der Waals surface area (Å²) in [7, 11) is 0. The van der Waals surface area contributed by atoms with Gasteiger partial charge in [0.05, 0.1) is 0 Å². The predicted octanol–water partition coefficient (Wildman–Crippen LogP) is 3.01. The number of nitrogens with two attached hydrogens (primary N) is 1. The maximum Gasteiger partial charge on any atom is 0.0233 e. The second-order valence-electron chi connectivity index (χ2n) is 7.52. The Hall–Kier alpha value is -0.900. The molecule has 128 valence electrons. The summed E-state index contributed by atoms with van der Waals surface area (Å²) in [5.74, 6) is 1.50. The normalized spacial score (nSPS) is 29.5. The van der Waals surface area contributed by atoms with Crippen LogP contribution < -0.4 is 11.1 Å². The Bertz CT molecular complexity index is 447. The van der Waals surface area contributed by atoms with Crippen molar-refractivity contribution in [3.05, 3.63) is 35.9 Å². The summed E-state index contributed by atoms with van der Waals surface area (Å²) in [5, 5.41) is 3.86. The average Bonchev–Trinajstić information content (AvgIpc) is 2.93. The largest absolute Gasteiger partial charge is 0.330 e. The molecule has 3 heteroatoms. The number of nitrogens with zero attached hydrogens (tertiary/aromatic N) is 1. The summed E-state index contributed by atoms with van der Waals surface area (Å²) in [6.07, 6.45) is 8.09. The van der Waals surface area contributed by atoms with E-state index in [2.05, 4.69) is 40.5 Å². The molecule has 1 aromatic carbocycles. The Morgan fingerprint density at radius 1 is 1.04 bits per heavy atom. The highest BCUT2D eigenvalue weighted by Crippen LogP contribution is 2.25. The molecule has 0 spiro atoms. The molecule has 3 rings (SSSR count). The van der Waals surface area contributed by atoms with Crippen molar-refractivity contribution < 1.29 is 0 Å². The minimum Gasteiger partial charge on any atom is -0.330 e. The van der Waals surface area contributed by atoms with Crippen LogP contribution in [0.2, 0.25) is 0 Å². The first kappa shape index (κ1) is 16.9. The van der Waals surface area contributed by atoms with Gasteiger partial charge in [0.15, 0.2) is 0 Å². The van der Waals surface area contributed by atoms with Crippen LogP contribution in [0, 0.1) is 11.8 Å². The molecule has 1 aliphatic carbocycles. The SMILES string of the molecule is NCC1CCCC1NCC1CCCCN(Cc2ccccc2)C1. The molecular weight excluding hydrogens is 282 g/mol. The van der Waals surface area contributed by atoms with Crippen molar-refractivity contribution >= 4 is 0 Å². The van der Waals surface area contributed by atoms with Gasteiger partial charge in [0.1, 0.15) is 0 Å². The van der Waals surface area contributed by atoms with Gasteiger partial charge in [0.2, 0.25) is 0 Å². The van der Waals surface area contributed by atoms with Crippen LogP contribution >= 0.6 is 0 Å². The summed E-state index contributed by atoms with van der Waals surface area (Å²) in [4.78, 5) is 2.66. The fourth-order valence-electron chi connectivity index (χ4n) is 4.37. The van der Waals surface area contributed by atoms with Gasteiger partial charge in [-0.2, -0.15) is 0 Å². The Labute approximate surface area is 141 Å². The van der Waals surface area contributed by atoms with E-state index in [1.54, 1.807) is 0 Å². The van der Waals surface area contributed by atoms with Gasteiger partial charge in [-0.15, -0.1) is 0 Å². The molecule has 0 bridgehead atoms. The number of benzene rings is 1.